The van der Waals surface area contributed by atoms with Crippen molar-refractivity contribution in [3.63, 3.8) is 0 Å². The molecule has 4 nitrogen and oxygen atoms in total. The van der Waals surface area contributed by atoms with Crippen molar-refractivity contribution in [2.75, 3.05) is 5.32 Å². The van der Waals surface area contributed by atoms with Gasteiger partial charge >= 0.3 is 0 Å². The number of carbonyl (C=O) groups excluding carboxylic acids is 1. The Balaban J connectivity index is 1.21. The molecule has 1 heterocycles. The van der Waals surface area contributed by atoms with Crippen LogP contribution >= 0.6 is 0 Å². The Morgan fingerprint density at radius 3 is 2.47 bits per heavy atom. The number of amides is 1. The minimum Gasteiger partial charge on any atom is -0.436 e. The zero-order valence-corrected chi connectivity index (χ0v) is 20.7. The number of hydrogen-bond donors (Lipinski definition) is 1. The second kappa shape index (κ2) is 8.25. The van der Waals surface area contributed by atoms with Gasteiger partial charge in [-0.1, -0.05) is 26.0 Å². The first kappa shape index (κ1) is 21.9. The highest BCUT2D eigenvalue weighted by molar-refractivity contribution is 5.92. The number of benzene rings is 2. The molecular weight excluding hydrogens is 420 g/mol. The molecule has 4 fully saturated rings. The number of carbonyl (C=O) groups is 1. The third-order valence-corrected chi connectivity index (χ3v) is 9.05. The minimum atomic E-state index is 0.165. The molecule has 2 aromatic carbocycles. The minimum absolute atomic E-state index is 0.165. The van der Waals surface area contributed by atoms with E-state index in [0.717, 1.165) is 52.1 Å². The molecule has 0 radical (unpaired) electrons. The van der Waals surface area contributed by atoms with Crippen LogP contribution in [0.25, 0.3) is 22.6 Å². The van der Waals surface area contributed by atoms with E-state index in [2.05, 4.69) is 44.3 Å². The van der Waals surface area contributed by atoms with E-state index in [9.17, 15) is 4.79 Å². The van der Waals surface area contributed by atoms with Gasteiger partial charge in [0.1, 0.15) is 5.52 Å². The number of rotatable bonds is 6. The molecule has 1 atom stereocenters. The molecule has 4 saturated carbocycles. The summed E-state index contributed by atoms with van der Waals surface area (Å²) >= 11 is 0. The van der Waals surface area contributed by atoms with Crippen LogP contribution in [0.1, 0.15) is 82.3 Å². The highest BCUT2D eigenvalue weighted by Crippen LogP contribution is 2.61. The molecule has 0 saturated heterocycles. The number of nitrogens with zero attached hydrogens (tertiary/aromatic N) is 1. The van der Waals surface area contributed by atoms with Gasteiger partial charge in [-0.2, -0.15) is 0 Å². The number of anilines is 1. The van der Waals surface area contributed by atoms with Crippen LogP contribution in [-0.2, 0) is 4.79 Å². The molecule has 4 heteroatoms. The van der Waals surface area contributed by atoms with Gasteiger partial charge in [-0.05, 0) is 116 Å². The summed E-state index contributed by atoms with van der Waals surface area (Å²) in [7, 11) is 0. The number of fused-ring (bicyclic) bond motifs is 1. The fourth-order valence-electron chi connectivity index (χ4n) is 7.54. The highest BCUT2D eigenvalue weighted by Gasteiger charge is 2.51. The smallest absolute Gasteiger partial charge is 0.227 e. The Labute approximate surface area is 202 Å². The van der Waals surface area contributed by atoms with Crippen molar-refractivity contribution in [3.8, 4) is 11.5 Å². The average molecular weight is 457 g/mol. The second-order valence-electron chi connectivity index (χ2n) is 11.7. The molecule has 1 amide bonds. The topological polar surface area (TPSA) is 55.1 Å². The van der Waals surface area contributed by atoms with Gasteiger partial charge < -0.3 is 9.73 Å². The van der Waals surface area contributed by atoms with Crippen LogP contribution in [0.3, 0.4) is 0 Å². The van der Waals surface area contributed by atoms with Crippen molar-refractivity contribution in [2.24, 2.45) is 23.2 Å². The zero-order valence-electron chi connectivity index (χ0n) is 20.7. The fraction of sp³-hybridized carbons (Fsp3) is 0.533. The largest absolute Gasteiger partial charge is 0.436 e. The standard InChI is InChI=1S/C30H36N2O2/c1-4-18(2)23-7-8-27-26(12-23)32-29(34-27)24-6-5-19(3)25(13-24)31-28(33)17-30-14-20-9-21(15-30)11-22(10-20)16-30/h5-8,12-13,18,20-22H,4,9-11,14-17H2,1-3H3,(H,31,33). The highest BCUT2D eigenvalue weighted by atomic mass is 16.3. The van der Waals surface area contributed by atoms with Crippen LogP contribution in [-0.4, -0.2) is 10.9 Å². The summed E-state index contributed by atoms with van der Waals surface area (Å²) in [5, 5.41) is 3.25. The maximum absolute atomic E-state index is 13.2. The molecule has 0 spiro atoms. The summed E-state index contributed by atoms with van der Waals surface area (Å²) in [6, 6.07) is 12.4. The summed E-state index contributed by atoms with van der Waals surface area (Å²) in [6.07, 6.45) is 9.76. The number of nitrogens with one attached hydrogen (secondary N) is 1. The molecule has 4 aliphatic rings. The van der Waals surface area contributed by atoms with Gasteiger partial charge in [-0.25, -0.2) is 4.98 Å². The van der Waals surface area contributed by atoms with Gasteiger partial charge in [0.25, 0.3) is 0 Å². The molecule has 1 unspecified atom stereocenters. The molecule has 7 rings (SSSR count). The summed E-state index contributed by atoms with van der Waals surface area (Å²) in [5.41, 5.74) is 6.06. The molecule has 1 aromatic heterocycles. The van der Waals surface area contributed by atoms with E-state index in [-0.39, 0.29) is 11.3 Å². The van der Waals surface area contributed by atoms with Crippen LogP contribution in [0, 0.1) is 30.1 Å². The number of hydrogen-bond acceptors (Lipinski definition) is 3. The second-order valence-corrected chi connectivity index (χ2v) is 11.7. The van der Waals surface area contributed by atoms with E-state index >= 15 is 0 Å². The predicted molar refractivity (Wildman–Crippen MR) is 137 cm³/mol. The van der Waals surface area contributed by atoms with Gasteiger partial charge in [0.05, 0.1) is 0 Å². The normalized spacial score (nSPS) is 28.4. The van der Waals surface area contributed by atoms with Crippen molar-refractivity contribution in [3.05, 3.63) is 47.5 Å². The number of aromatic nitrogens is 1. The first-order chi connectivity index (χ1) is 16.4. The van der Waals surface area contributed by atoms with E-state index in [1.807, 2.05) is 18.2 Å². The zero-order chi connectivity index (χ0) is 23.4. The quantitative estimate of drug-likeness (QED) is 0.411. The third kappa shape index (κ3) is 3.95. The van der Waals surface area contributed by atoms with E-state index in [1.165, 1.54) is 44.1 Å². The van der Waals surface area contributed by atoms with Gasteiger partial charge in [-0.15, -0.1) is 0 Å². The lowest BCUT2D eigenvalue weighted by Crippen LogP contribution is -2.47. The van der Waals surface area contributed by atoms with Gasteiger partial charge in [0.2, 0.25) is 11.8 Å². The molecule has 178 valence electrons. The van der Waals surface area contributed by atoms with Crippen molar-refractivity contribution >= 4 is 22.7 Å². The monoisotopic (exact) mass is 456 g/mol. The van der Waals surface area contributed by atoms with Crippen molar-refractivity contribution in [1.29, 1.82) is 0 Å². The first-order valence-corrected chi connectivity index (χ1v) is 13.2. The first-order valence-electron chi connectivity index (χ1n) is 13.2. The Morgan fingerprint density at radius 2 is 1.79 bits per heavy atom. The van der Waals surface area contributed by atoms with Crippen molar-refractivity contribution < 1.29 is 9.21 Å². The number of aryl methyl sites for hydroxylation is 1. The number of oxazole rings is 1. The summed E-state index contributed by atoms with van der Waals surface area (Å²) in [4.78, 5) is 18.0. The molecule has 0 aliphatic heterocycles. The summed E-state index contributed by atoms with van der Waals surface area (Å²) in [6.45, 7) is 6.49. The van der Waals surface area contributed by atoms with Gasteiger partial charge in [0, 0.05) is 17.7 Å². The van der Waals surface area contributed by atoms with E-state index in [1.54, 1.807) is 0 Å². The molecular formula is C30H36N2O2. The summed E-state index contributed by atoms with van der Waals surface area (Å²) in [5.74, 6) is 3.86. The van der Waals surface area contributed by atoms with Crippen molar-refractivity contribution in [1.82, 2.24) is 4.98 Å². The lowest BCUT2D eigenvalue weighted by Gasteiger charge is -2.56. The average Bonchev–Trinajstić information content (AvgIpc) is 3.22. The maximum Gasteiger partial charge on any atom is 0.227 e. The van der Waals surface area contributed by atoms with Crippen LogP contribution in [0.4, 0.5) is 5.69 Å². The molecule has 3 aromatic rings. The lowest BCUT2D eigenvalue weighted by atomic mass is 9.49. The van der Waals surface area contributed by atoms with Crippen LogP contribution in [0.5, 0.6) is 0 Å². The Hall–Kier alpha value is -2.62. The molecule has 4 aliphatic carbocycles. The molecule has 4 bridgehead atoms. The summed E-state index contributed by atoms with van der Waals surface area (Å²) < 4.78 is 6.09. The predicted octanol–water partition coefficient (Wildman–Crippen LogP) is 7.86. The molecule has 1 N–H and O–H groups in total. The Morgan fingerprint density at radius 1 is 1.09 bits per heavy atom. The van der Waals surface area contributed by atoms with E-state index in [0.29, 0.717) is 18.2 Å². The molecule has 34 heavy (non-hydrogen) atoms. The Kier molecular flexibility index (Phi) is 5.31. The van der Waals surface area contributed by atoms with Gasteiger partial charge in [0.15, 0.2) is 5.58 Å². The van der Waals surface area contributed by atoms with E-state index < -0.39 is 0 Å². The van der Waals surface area contributed by atoms with E-state index in [4.69, 9.17) is 9.40 Å². The van der Waals surface area contributed by atoms with Crippen LogP contribution in [0.2, 0.25) is 0 Å². The van der Waals surface area contributed by atoms with Gasteiger partial charge in [-0.3, -0.25) is 4.79 Å². The SMILES string of the molecule is CCC(C)c1ccc2oc(-c3ccc(C)c(NC(=O)CC45CC6CC(CC(C6)C4)C5)c3)nc2c1. The third-order valence-electron chi connectivity index (χ3n) is 9.05. The van der Waals surface area contributed by atoms with Crippen molar-refractivity contribution in [2.45, 2.75) is 78.1 Å². The fourth-order valence-corrected chi connectivity index (χ4v) is 7.54. The maximum atomic E-state index is 13.2. The lowest BCUT2D eigenvalue weighted by molar-refractivity contribution is -0.124. The Bertz CT molecular complexity index is 1200. The van der Waals surface area contributed by atoms with Crippen LogP contribution in [0.15, 0.2) is 40.8 Å². The van der Waals surface area contributed by atoms with Crippen LogP contribution < -0.4 is 5.32 Å².